The van der Waals surface area contributed by atoms with Gasteiger partial charge in [0.1, 0.15) is 4.21 Å². The highest BCUT2D eigenvalue weighted by Gasteiger charge is 2.21. The number of nitrogens with zero attached hydrogens (tertiary/aromatic N) is 4. The molecule has 0 spiro atoms. The first kappa shape index (κ1) is 19.3. The third kappa shape index (κ3) is 3.77. The first-order valence-corrected chi connectivity index (χ1v) is 12.8. The lowest BCUT2D eigenvalue weighted by molar-refractivity contribution is 0.603. The lowest BCUT2D eigenvalue weighted by atomic mass is 10.1. The molecule has 0 aliphatic carbocycles. The van der Waals surface area contributed by atoms with Gasteiger partial charge in [-0.3, -0.25) is 4.57 Å². The Morgan fingerprint density at radius 1 is 1.14 bits per heavy atom. The van der Waals surface area contributed by atoms with Crippen molar-refractivity contribution >= 4 is 44.3 Å². The van der Waals surface area contributed by atoms with Crippen molar-refractivity contribution < 1.29 is 8.42 Å². The van der Waals surface area contributed by atoms with Gasteiger partial charge in [0.25, 0.3) is 0 Å². The maximum absolute atomic E-state index is 11.8. The summed E-state index contributed by atoms with van der Waals surface area (Å²) < 4.78 is 26.4. The Labute approximate surface area is 175 Å². The second-order valence-electron chi connectivity index (χ2n) is 5.92. The summed E-state index contributed by atoms with van der Waals surface area (Å²) in [6.45, 7) is 2.11. The summed E-state index contributed by atoms with van der Waals surface area (Å²) >= 11 is 4.06. The van der Waals surface area contributed by atoms with Crippen LogP contribution >= 0.6 is 34.4 Å². The fourth-order valence-corrected chi connectivity index (χ4v) is 6.29. The number of benzene rings is 1. The number of thiazole rings is 1. The Kier molecular flexibility index (Phi) is 5.37. The summed E-state index contributed by atoms with van der Waals surface area (Å²) in [6.07, 6.45) is 3.45. The SMILES string of the molecule is CCc1ccccc1-n1c(Sc2ncc(S(C)(=O)=O)s2)nnc1-c1cccs1. The van der Waals surface area contributed by atoms with Crippen LogP contribution in [0.4, 0.5) is 0 Å². The molecule has 28 heavy (non-hydrogen) atoms. The van der Waals surface area contributed by atoms with E-state index in [1.807, 2.05) is 40.3 Å². The minimum Gasteiger partial charge on any atom is -0.269 e. The second kappa shape index (κ2) is 7.78. The van der Waals surface area contributed by atoms with Crippen LogP contribution in [-0.2, 0) is 16.3 Å². The Morgan fingerprint density at radius 3 is 2.64 bits per heavy atom. The lowest BCUT2D eigenvalue weighted by Gasteiger charge is -2.12. The molecular formula is C18H16N4O2S4. The van der Waals surface area contributed by atoms with Crippen molar-refractivity contribution in [2.75, 3.05) is 6.26 Å². The zero-order chi connectivity index (χ0) is 19.7. The van der Waals surface area contributed by atoms with Gasteiger partial charge in [-0.15, -0.1) is 21.5 Å². The third-order valence-corrected chi connectivity index (χ3v) is 8.67. The molecule has 0 N–H and O–H groups in total. The van der Waals surface area contributed by atoms with Crippen LogP contribution in [0.3, 0.4) is 0 Å². The first-order valence-electron chi connectivity index (χ1n) is 8.38. The van der Waals surface area contributed by atoms with Crippen molar-refractivity contribution in [2.24, 2.45) is 0 Å². The van der Waals surface area contributed by atoms with Crippen molar-refractivity contribution in [2.45, 2.75) is 27.0 Å². The molecule has 0 atom stereocenters. The highest BCUT2D eigenvalue weighted by atomic mass is 32.2. The Morgan fingerprint density at radius 2 is 1.96 bits per heavy atom. The molecule has 0 saturated carbocycles. The van der Waals surface area contributed by atoms with E-state index in [2.05, 4.69) is 28.2 Å². The van der Waals surface area contributed by atoms with E-state index in [1.165, 1.54) is 29.8 Å². The summed E-state index contributed by atoms with van der Waals surface area (Å²) in [6, 6.07) is 12.1. The normalized spacial score (nSPS) is 11.8. The predicted molar refractivity (Wildman–Crippen MR) is 113 cm³/mol. The van der Waals surface area contributed by atoms with Gasteiger partial charge in [-0.25, -0.2) is 13.4 Å². The van der Waals surface area contributed by atoms with Crippen molar-refractivity contribution in [3.8, 4) is 16.4 Å². The number of aryl methyl sites for hydroxylation is 1. The molecule has 0 amide bonds. The average molecular weight is 449 g/mol. The van der Waals surface area contributed by atoms with Crippen LogP contribution in [0, 0.1) is 0 Å². The third-order valence-electron chi connectivity index (χ3n) is 4.00. The van der Waals surface area contributed by atoms with E-state index in [0.717, 1.165) is 34.1 Å². The number of hydrogen-bond donors (Lipinski definition) is 0. The van der Waals surface area contributed by atoms with Crippen LogP contribution in [0.25, 0.3) is 16.4 Å². The van der Waals surface area contributed by atoms with E-state index in [-0.39, 0.29) is 4.21 Å². The second-order valence-corrected chi connectivity index (χ2v) is 11.4. The van der Waals surface area contributed by atoms with Gasteiger partial charge < -0.3 is 0 Å². The monoisotopic (exact) mass is 448 g/mol. The van der Waals surface area contributed by atoms with Gasteiger partial charge in [-0.05, 0) is 41.3 Å². The molecule has 0 aliphatic rings. The molecule has 3 heterocycles. The number of thiophene rings is 1. The van der Waals surface area contributed by atoms with Crippen LogP contribution in [0.15, 0.2) is 61.7 Å². The molecule has 4 rings (SSSR count). The quantitative estimate of drug-likeness (QED) is 0.430. The molecule has 3 aromatic heterocycles. The van der Waals surface area contributed by atoms with Crippen LogP contribution in [0.1, 0.15) is 12.5 Å². The van der Waals surface area contributed by atoms with E-state index in [4.69, 9.17) is 0 Å². The van der Waals surface area contributed by atoms with Crippen molar-refractivity contribution in [1.82, 2.24) is 19.7 Å². The summed E-state index contributed by atoms with van der Waals surface area (Å²) in [5.41, 5.74) is 2.19. The fraction of sp³-hybridized carbons (Fsp3) is 0.167. The molecule has 10 heteroatoms. The predicted octanol–water partition coefficient (Wildman–Crippen LogP) is 4.57. The van der Waals surface area contributed by atoms with Crippen molar-refractivity contribution in [3.05, 3.63) is 53.5 Å². The Balaban J connectivity index is 1.83. The molecule has 1 aromatic carbocycles. The molecule has 0 saturated heterocycles. The highest BCUT2D eigenvalue weighted by Crippen LogP contribution is 2.36. The number of rotatable bonds is 6. The van der Waals surface area contributed by atoms with Gasteiger partial charge in [0.05, 0.1) is 16.8 Å². The lowest BCUT2D eigenvalue weighted by Crippen LogP contribution is -2.02. The molecule has 6 nitrogen and oxygen atoms in total. The summed E-state index contributed by atoms with van der Waals surface area (Å²) in [4.78, 5) is 5.27. The zero-order valence-corrected chi connectivity index (χ0v) is 18.3. The van der Waals surface area contributed by atoms with E-state index in [9.17, 15) is 8.42 Å². The van der Waals surface area contributed by atoms with Crippen molar-refractivity contribution in [1.29, 1.82) is 0 Å². The van der Waals surface area contributed by atoms with E-state index >= 15 is 0 Å². The number of hydrogen-bond acceptors (Lipinski definition) is 8. The van der Waals surface area contributed by atoms with Gasteiger partial charge in [0.2, 0.25) is 5.16 Å². The number of aromatic nitrogens is 4. The topological polar surface area (TPSA) is 77.7 Å². The Hall–Kier alpha value is -2.01. The Bertz CT molecular complexity index is 1210. The molecule has 4 aromatic rings. The largest absolute Gasteiger partial charge is 0.269 e. The highest BCUT2D eigenvalue weighted by molar-refractivity contribution is 8.01. The standard InChI is InChI=1S/C18H16N4O2S4/c1-3-12-7-4-5-8-13(12)22-16(14-9-6-10-25-14)20-21-17(22)27-18-19-11-15(26-18)28(2,23)24/h4-11H,3H2,1-2H3. The fourth-order valence-electron chi connectivity index (χ4n) is 2.69. The maximum Gasteiger partial charge on any atom is 0.203 e. The number of para-hydroxylation sites is 1. The van der Waals surface area contributed by atoms with Gasteiger partial charge in [0.15, 0.2) is 20.0 Å². The summed E-state index contributed by atoms with van der Waals surface area (Å²) in [5, 5.41) is 11.5. The molecular weight excluding hydrogens is 432 g/mol. The summed E-state index contributed by atoms with van der Waals surface area (Å²) in [7, 11) is -3.28. The molecule has 0 unspecified atom stereocenters. The molecule has 0 bridgehead atoms. The molecule has 0 fully saturated rings. The molecule has 144 valence electrons. The van der Waals surface area contributed by atoms with E-state index < -0.39 is 9.84 Å². The van der Waals surface area contributed by atoms with Gasteiger partial charge in [-0.2, -0.15) is 0 Å². The minimum atomic E-state index is -3.28. The maximum atomic E-state index is 11.8. The molecule has 0 radical (unpaired) electrons. The molecule has 0 aliphatic heterocycles. The number of sulfone groups is 1. The first-order chi connectivity index (χ1) is 13.5. The van der Waals surface area contributed by atoms with Crippen LogP contribution in [0.5, 0.6) is 0 Å². The minimum absolute atomic E-state index is 0.244. The van der Waals surface area contributed by atoms with E-state index in [0.29, 0.717) is 9.50 Å². The van der Waals surface area contributed by atoms with Gasteiger partial charge in [0, 0.05) is 6.26 Å². The van der Waals surface area contributed by atoms with Crippen LogP contribution in [0.2, 0.25) is 0 Å². The summed E-state index contributed by atoms with van der Waals surface area (Å²) in [5.74, 6) is 0.762. The van der Waals surface area contributed by atoms with Gasteiger partial charge in [-0.1, -0.05) is 42.5 Å². The van der Waals surface area contributed by atoms with Crippen molar-refractivity contribution in [3.63, 3.8) is 0 Å². The zero-order valence-electron chi connectivity index (χ0n) is 15.1. The smallest absolute Gasteiger partial charge is 0.203 e. The van der Waals surface area contributed by atoms with Gasteiger partial charge >= 0.3 is 0 Å². The van der Waals surface area contributed by atoms with E-state index in [1.54, 1.807) is 11.3 Å². The van der Waals surface area contributed by atoms with Crippen LogP contribution < -0.4 is 0 Å². The van der Waals surface area contributed by atoms with Crippen LogP contribution in [-0.4, -0.2) is 34.4 Å². The average Bonchev–Trinajstić information content (AvgIpc) is 3.42.